The van der Waals surface area contributed by atoms with Gasteiger partial charge in [0.2, 0.25) is 0 Å². The van der Waals surface area contributed by atoms with Crippen LogP contribution < -0.4 is 5.32 Å². The molecule has 0 bridgehead atoms. The highest BCUT2D eigenvalue weighted by Gasteiger charge is 2.57. The van der Waals surface area contributed by atoms with Gasteiger partial charge in [-0.25, -0.2) is 0 Å². The van der Waals surface area contributed by atoms with Crippen molar-refractivity contribution >= 4 is 11.6 Å². The Bertz CT molecular complexity index is 398. The fraction of sp³-hybridized carbons (Fsp3) is 0.600. The molecule has 17 heavy (non-hydrogen) atoms. The van der Waals surface area contributed by atoms with E-state index in [0.29, 0.717) is 17.4 Å². The second-order valence-corrected chi connectivity index (χ2v) is 6.46. The zero-order valence-corrected chi connectivity index (χ0v) is 11.9. The predicted molar refractivity (Wildman–Crippen MR) is 74.6 cm³/mol. The van der Waals surface area contributed by atoms with Crippen LogP contribution in [0.3, 0.4) is 0 Å². The third kappa shape index (κ3) is 2.66. The number of hydrogen-bond donors (Lipinski definition) is 1. The Balaban J connectivity index is 2.07. The number of hydrogen-bond acceptors (Lipinski definition) is 1. The van der Waals surface area contributed by atoms with E-state index in [1.807, 2.05) is 6.07 Å². The molecule has 2 unspecified atom stereocenters. The minimum absolute atomic E-state index is 0.395. The molecule has 1 aromatic carbocycles. The van der Waals surface area contributed by atoms with Gasteiger partial charge in [0.05, 0.1) is 0 Å². The van der Waals surface area contributed by atoms with E-state index in [1.165, 1.54) is 5.56 Å². The monoisotopic (exact) mass is 251 g/mol. The zero-order chi connectivity index (χ0) is 12.6. The first kappa shape index (κ1) is 12.9. The zero-order valence-electron chi connectivity index (χ0n) is 11.1. The van der Waals surface area contributed by atoms with E-state index in [0.717, 1.165) is 17.5 Å². The summed E-state index contributed by atoms with van der Waals surface area (Å²) >= 11 is 6.07. The Morgan fingerprint density at radius 1 is 1.35 bits per heavy atom. The second-order valence-electron chi connectivity index (χ2n) is 6.02. The lowest BCUT2D eigenvalue weighted by molar-refractivity contribution is 0.491. The van der Waals surface area contributed by atoms with Crippen LogP contribution in [-0.4, -0.2) is 12.6 Å². The predicted octanol–water partition coefficient (Wildman–Crippen LogP) is 4.08. The van der Waals surface area contributed by atoms with Crippen LogP contribution in [0.2, 0.25) is 5.02 Å². The fourth-order valence-electron chi connectivity index (χ4n) is 2.85. The van der Waals surface area contributed by atoms with E-state index in [1.54, 1.807) is 0 Å². The molecule has 0 radical (unpaired) electrons. The van der Waals surface area contributed by atoms with Crippen molar-refractivity contribution in [1.29, 1.82) is 0 Å². The summed E-state index contributed by atoms with van der Waals surface area (Å²) in [6.07, 6.45) is 0. The summed E-state index contributed by atoms with van der Waals surface area (Å²) in [6, 6.07) is 8.88. The van der Waals surface area contributed by atoms with Gasteiger partial charge < -0.3 is 5.32 Å². The SMILES string of the molecule is CC(C)NCC1C(c2cccc(Cl)c2)C1(C)C. The van der Waals surface area contributed by atoms with Gasteiger partial charge >= 0.3 is 0 Å². The number of nitrogens with one attached hydrogen (secondary N) is 1. The lowest BCUT2D eigenvalue weighted by atomic mass is 10.0. The molecule has 0 aliphatic heterocycles. The van der Waals surface area contributed by atoms with Crippen molar-refractivity contribution in [2.24, 2.45) is 11.3 Å². The van der Waals surface area contributed by atoms with Crippen LogP contribution >= 0.6 is 11.6 Å². The Labute approximate surface area is 110 Å². The Morgan fingerprint density at radius 2 is 2.06 bits per heavy atom. The average Bonchev–Trinajstić information content (AvgIpc) is 2.77. The molecular weight excluding hydrogens is 230 g/mol. The molecule has 94 valence electrons. The van der Waals surface area contributed by atoms with Crippen molar-refractivity contribution in [2.45, 2.75) is 39.7 Å². The van der Waals surface area contributed by atoms with Crippen molar-refractivity contribution < 1.29 is 0 Å². The molecule has 0 saturated heterocycles. The number of rotatable bonds is 4. The smallest absolute Gasteiger partial charge is 0.0408 e. The molecule has 2 atom stereocenters. The quantitative estimate of drug-likeness (QED) is 0.850. The molecule has 0 amide bonds. The van der Waals surface area contributed by atoms with E-state index in [2.05, 4.69) is 51.2 Å². The van der Waals surface area contributed by atoms with Crippen LogP contribution in [0.1, 0.15) is 39.2 Å². The summed E-state index contributed by atoms with van der Waals surface area (Å²) in [5, 5.41) is 4.39. The van der Waals surface area contributed by atoms with Gasteiger partial charge in [0.25, 0.3) is 0 Å². The molecule has 1 nitrogen and oxygen atoms in total. The molecule has 2 heteroatoms. The maximum absolute atomic E-state index is 6.07. The third-order valence-electron chi connectivity index (χ3n) is 4.00. The molecule has 1 saturated carbocycles. The maximum Gasteiger partial charge on any atom is 0.0408 e. The number of halogens is 1. The lowest BCUT2D eigenvalue weighted by Crippen LogP contribution is -2.26. The van der Waals surface area contributed by atoms with Crippen molar-refractivity contribution in [3.63, 3.8) is 0 Å². The van der Waals surface area contributed by atoms with Crippen LogP contribution in [-0.2, 0) is 0 Å². The summed E-state index contributed by atoms with van der Waals surface area (Å²) in [6.45, 7) is 10.2. The fourth-order valence-corrected chi connectivity index (χ4v) is 3.05. The van der Waals surface area contributed by atoms with Crippen LogP contribution in [0, 0.1) is 11.3 Å². The summed E-state index contributed by atoms with van der Waals surface area (Å²) in [5.41, 5.74) is 1.78. The highest BCUT2D eigenvalue weighted by molar-refractivity contribution is 6.30. The molecule has 1 fully saturated rings. The standard InChI is InChI=1S/C15H22ClN/c1-10(2)17-9-13-14(15(13,3)4)11-6-5-7-12(16)8-11/h5-8,10,13-14,17H,9H2,1-4H3. The third-order valence-corrected chi connectivity index (χ3v) is 4.24. The normalized spacial score (nSPS) is 26.2. The first-order chi connectivity index (χ1) is 7.93. The second kappa shape index (κ2) is 4.62. The van der Waals surface area contributed by atoms with E-state index < -0.39 is 0 Å². The topological polar surface area (TPSA) is 12.0 Å². The molecule has 1 aliphatic rings. The molecule has 1 N–H and O–H groups in total. The van der Waals surface area contributed by atoms with Gasteiger partial charge in [-0.2, -0.15) is 0 Å². The van der Waals surface area contributed by atoms with Crippen molar-refractivity contribution in [3.05, 3.63) is 34.9 Å². The van der Waals surface area contributed by atoms with Gasteiger partial charge in [0.1, 0.15) is 0 Å². The molecule has 1 aliphatic carbocycles. The van der Waals surface area contributed by atoms with Crippen LogP contribution in [0.25, 0.3) is 0 Å². The number of benzene rings is 1. The summed E-state index contributed by atoms with van der Waals surface area (Å²) in [4.78, 5) is 0. The van der Waals surface area contributed by atoms with Crippen molar-refractivity contribution in [3.8, 4) is 0 Å². The summed E-state index contributed by atoms with van der Waals surface area (Å²) in [5.74, 6) is 1.37. The highest BCUT2D eigenvalue weighted by atomic mass is 35.5. The Kier molecular flexibility index (Phi) is 3.51. The van der Waals surface area contributed by atoms with Crippen LogP contribution in [0.4, 0.5) is 0 Å². The van der Waals surface area contributed by atoms with E-state index in [4.69, 9.17) is 11.6 Å². The first-order valence-electron chi connectivity index (χ1n) is 6.41. The lowest BCUT2D eigenvalue weighted by Gasteiger charge is -2.08. The van der Waals surface area contributed by atoms with Crippen LogP contribution in [0.5, 0.6) is 0 Å². The van der Waals surface area contributed by atoms with Crippen LogP contribution in [0.15, 0.2) is 24.3 Å². The van der Waals surface area contributed by atoms with Gasteiger partial charge in [-0.05, 0) is 41.5 Å². The van der Waals surface area contributed by atoms with Gasteiger partial charge in [0.15, 0.2) is 0 Å². The minimum Gasteiger partial charge on any atom is -0.314 e. The Hall–Kier alpha value is -0.530. The van der Waals surface area contributed by atoms with Gasteiger partial charge in [-0.1, -0.05) is 51.4 Å². The molecular formula is C15H22ClN. The summed E-state index contributed by atoms with van der Waals surface area (Å²) < 4.78 is 0. The molecule has 0 aromatic heterocycles. The molecule has 0 spiro atoms. The summed E-state index contributed by atoms with van der Waals surface area (Å²) in [7, 11) is 0. The minimum atomic E-state index is 0.395. The molecule has 0 heterocycles. The van der Waals surface area contributed by atoms with E-state index in [-0.39, 0.29) is 0 Å². The van der Waals surface area contributed by atoms with Gasteiger partial charge in [-0.15, -0.1) is 0 Å². The molecule has 1 aromatic rings. The van der Waals surface area contributed by atoms with Gasteiger partial charge in [-0.3, -0.25) is 0 Å². The first-order valence-corrected chi connectivity index (χ1v) is 6.79. The average molecular weight is 252 g/mol. The molecule has 2 rings (SSSR count). The van der Waals surface area contributed by atoms with Gasteiger partial charge in [0, 0.05) is 11.1 Å². The Morgan fingerprint density at radius 3 is 2.65 bits per heavy atom. The van der Waals surface area contributed by atoms with Crippen molar-refractivity contribution in [2.75, 3.05) is 6.54 Å². The maximum atomic E-state index is 6.07. The largest absolute Gasteiger partial charge is 0.314 e. The van der Waals surface area contributed by atoms with Crippen molar-refractivity contribution in [1.82, 2.24) is 5.32 Å². The van der Waals surface area contributed by atoms with E-state index >= 15 is 0 Å². The van der Waals surface area contributed by atoms with E-state index in [9.17, 15) is 0 Å². The highest BCUT2D eigenvalue weighted by Crippen LogP contribution is 2.64.